The van der Waals surface area contributed by atoms with E-state index in [0.29, 0.717) is 25.0 Å². The van der Waals surface area contributed by atoms with E-state index in [1.165, 1.54) is 18.4 Å². The van der Waals surface area contributed by atoms with E-state index in [0.717, 1.165) is 49.6 Å². The van der Waals surface area contributed by atoms with E-state index in [1.54, 1.807) is 0 Å². The van der Waals surface area contributed by atoms with Crippen LogP contribution in [-0.2, 0) is 17.9 Å². The van der Waals surface area contributed by atoms with E-state index >= 15 is 0 Å². The molecule has 2 aliphatic rings. The number of benzene rings is 2. The normalized spacial score (nSPS) is 21.6. The van der Waals surface area contributed by atoms with Gasteiger partial charge in [-0.25, -0.2) is 0 Å². The summed E-state index contributed by atoms with van der Waals surface area (Å²) in [5.74, 6) is 0.247. The molecule has 4 rings (SSSR count). The fourth-order valence-corrected chi connectivity index (χ4v) is 4.83. The Hall–Kier alpha value is -1.88. The summed E-state index contributed by atoms with van der Waals surface area (Å²) in [6.45, 7) is 4.73. The van der Waals surface area contributed by atoms with Crippen LogP contribution in [0.4, 0.5) is 0 Å². The number of nitrogens with one attached hydrogen (secondary N) is 1. The largest absolute Gasteiger partial charge is 0.338 e. The van der Waals surface area contributed by atoms with Gasteiger partial charge in [-0.3, -0.25) is 9.69 Å². The highest BCUT2D eigenvalue weighted by molar-refractivity contribution is 6.31. The fraction of sp³-hybridized carbons (Fsp3) is 0.480. The quantitative estimate of drug-likeness (QED) is 0.741. The maximum absolute atomic E-state index is 12.6. The molecule has 0 bridgehead atoms. The Labute approximate surface area is 185 Å². The summed E-state index contributed by atoms with van der Waals surface area (Å²) >= 11 is 6.30. The van der Waals surface area contributed by atoms with Gasteiger partial charge >= 0.3 is 0 Å². The van der Waals surface area contributed by atoms with Gasteiger partial charge in [-0.15, -0.1) is 0 Å². The molecule has 4 nitrogen and oxygen atoms in total. The van der Waals surface area contributed by atoms with Gasteiger partial charge < -0.3 is 10.2 Å². The van der Waals surface area contributed by atoms with Crippen molar-refractivity contribution in [1.29, 1.82) is 0 Å². The molecule has 2 saturated heterocycles. The zero-order valence-corrected chi connectivity index (χ0v) is 18.4. The highest BCUT2D eigenvalue weighted by Gasteiger charge is 2.26. The molecule has 2 heterocycles. The molecule has 0 aromatic heterocycles. The lowest BCUT2D eigenvalue weighted by molar-refractivity contribution is -0.131. The van der Waals surface area contributed by atoms with Gasteiger partial charge in [0.1, 0.15) is 0 Å². The molecule has 1 atom stereocenters. The Morgan fingerprint density at radius 3 is 2.27 bits per heavy atom. The lowest BCUT2D eigenvalue weighted by Crippen LogP contribution is -2.46. The number of piperidine rings is 1. The van der Waals surface area contributed by atoms with Crippen LogP contribution in [0.15, 0.2) is 54.6 Å². The first kappa shape index (κ1) is 21.4. The Balaban J connectivity index is 1.23. The van der Waals surface area contributed by atoms with Crippen LogP contribution < -0.4 is 5.32 Å². The first-order chi connectivity index (χ1) is 14.7. The third kappa shape index (κ3) is 5.84. The lowest BCUT2D eigenvalue weighted by atomic mass is 10.0. The SMILES string of the molecule is O=C1CCC(NC2CCN(Cc3ccccc3)CC2)CCN1Cc1ccccc1Cl. The van der Waals surface area contributed by atoms with E-state index in [4.69, 9.17) is 11.6 Å². The molecule has 2 aliphatic heterocycles. The molecule has 5 heteroatoms. The maximum Gasteiger partial charge on any atom is 0.222 e. The minimum atomic E-state index is 0.247. The van der Waals surface area contributed by atoms with Crippen molar-refractivity contribution in [1.82, 2.24) is 15.1 Å². The van der Waals surface area contributed by atoms with Crippen LogP contribution in [0.3, 0.4) is 0 Å². The summed E-state index contributed by atoms with van der Waals surface area (Å²) in [5.41, 5.74) is 2.43. The zero-order chi connectivity index (χ0) is 20.8. The van der Waals surface area contributed by atoms with Crippen molar-refractivity contribution in [2.24, 2.45) is 0 Å². The van der Waals surface area contributed by atoms with Crippen molar-refractivity contribution in [3.05, 3.63) is 70.7 Å². The number of nitrogens with zero attached hydrogens (tertiary/aromatic N) is 2. The summed E-state index contributed by atoms with van der Waals surface area (Å²) in [7, 11) is 0. The predicted octanol–water partition coefficient (Wildman–Crippen LogP) is 4.48. The lowest BCUT2D eigenvalue weighted by Gasteiger charge is -2.34. The third-order valence-electron chi connectivity index (χ3n) is 6.43. The van der Waals surface area contributed by atoms with Gasteiger partial charge in [0.15, 0.2) is 0 Å². The second-order valence-electron chi connectivity index (χ2n) is 8.63. The summed E-state index contributed by atoms with van der Waals surface area (Å²) < 4.78 is 0. The monoisotopic (exact) mass is 425 g/mol. The van der Waals surface area contributed by atoms with Crippen molar-refractivity contribution < 1.29 is 4.79 Å². The highest BCUT2D eigenvalue weighted by atomic mass is 35.5. The van der Waals surface area contributed by atoms with Crippen LogP contribution in [-0.4, -0.2) is 47.4 Å². The van der Waals surface area contributed by atoms with E-state index < -0.39 is 0 Å². The number of hydrogen-bond acceptors (Lipinski definition) is 3. The number of halogens is 1. The average molecular weight is 426 g/mol. The molecule has 1 N–H and O–H groups in total. The van der Waals surface area contributed by atoms with E-state index in [1.807, 2.05) is 29.2 Å². The topological polar surface area (TPSA) is 35.6 Å². The van der Waals surface area contributed by atoms with Crippen molar-refractivity contribution in [3.8, 4) is 0 Å². The molecule has 0 aliphatic carbocycles. The highest BCUT2D eigenvalue weighted by Crippen LogP contribution is 2.22. The Bertz CT molecular complexity index is 820. The molecule has 1 amide bonds. The molecule has 30 heavy (non-hydrogen) atoms. The summed E-state index contributed by atoms with van der Waals surface area (Å²) in [5, 5.41) is 4.61. The van der Waals surface area contributed by atoms with Gasteiger partial charge in [-0.1, -0.05) is 60.1 Å². The number of carbonyl (C=O) groups is 1. The summed E-state index contributed by atoms with van der Waals surface area (Å²) in [6, 6.07) is 19.5. The fourth-order valence-electron chi connectivity index (χ4n) is 4.64. The molecule has 0 saturated carbocycles. The summed E-state index contributed by atoms with van der Waals surface area (Å²) in [6.07, 6.45) is 4.93. The third-order valence-corrected chi connectivity index (χ3v) is 6.80. The summed E-state index contributed by atoms with van der Waals surface area (Å²) in [4.78, 5) is 17.2. The van der Waals surface area contributed by atoms with Gasteiger partial charge in [0.25, 0.3) is 0 Å². The van der Waals surface area contributed by atoms with Crippen molar-refractivity contribution in [3.63, 3.8) is 0 Å². The van der Waals surface area contributed by atoms with Gasteiger partial charge in [0.05, 0.1) is 0 Å². The van der Waals surface area contributed by atoms with Gasteiger partial charge in [0.2, 0.25) is 5.91 Å². The molecule has 1 unspecified atom stereocenters. The first-order valence-electron chi connectivity index (χ1n) is 11.2. The van der Waals surface area contributed by atoms with Crippen LogP contribution in [0.1, 0.15) is 43.2 Å². The van der Waals surface area contributed by atoms with Crippen LogP contribution in [0.5, 0.6) is 0 Å². The maximum atomic E-state index is 12.6. The molecule has 2 aromatic rings. The molecule has 0 radical (unpaired) electrons. The van der Waals surface area contributed by atoms with Crippen molar-refractivity contribution in [2.75, 3.05) is 19.6 Å². The van der Waals surface area contributed by atoms with Crippen LogP contribution in [0.25, 0.3) is 0 Å². The Morgan fingerprint density at radius 2 is 1.50 bits per heavy atom. The van der Waals surface area contributed by atoms with E-state index in [2.05, 4.69) is 40.5 Å². The van der Waals surface area contributed by atoms with Gasteiger partial charge in [-0.2, -0.15) is 0 Å². The van der Waals surface area contributed by atoms with E-state index in [9.17, 15) is 4.79 Å². The predicted molar refractivity (Wildman–Crippen MR) is 122 cm³/mol. The first-order valence-corrected chi connectivity index (χ1v) is 11.6. The molecule has 160 valence electrons. The van der Waals surface area contributed by atoms with Gasteiger partial charge in [-0.05, 0) is 56.0 Å². The number of carbonyl (C=O) groups excluding carboxylic acids is 1. The van der Waals surface area contributed by atoms with Gasteiger partial charge in [0, 0.05) is 43.2 Å². The smallest absolute Gasteiger partial charge is 0.222 e. The molecular formula is C25H32ClN3O. The molecule has 2 aromatic carbocycles. The van der Waals surface area contributed by atoms with Crippen LogP contribution >= 0.6 is 11.6 Å². The second-order valence-corrected chi connectivity index (χ2v) is 9.04. The average Bonchev–Trinajstić information content (AvgIpc) is 2.94. The molecule has 0 spiro atoms. The van der Waals surface area contributed by atoms with Crippen molar-refractivity contribution in [2.45, 2.75) is 57.3 Å². The Morgan fingerprint density at radius 1 is 0.833 bits per heavy atom. The molecular weight excluding hydrogens is 394 g/mol. The number of hydrogen-bond donors (Lipinski definition) is 1. The molecule has 2 fully saturated rings. The number of amides is 1. The minimum absolute atomic E-state index is 0.247. The Kier molecular flexibility index (Phi) is 7.42. The zero-order valence-electron chi connectivity index (χ0n) is 17.6. The standard InChI is InChI=1S/C25H32ClN3O/c26-24-9-5-4-8-21(24)19-29-17-14-22(10-11-25(29)30)27-23-12-15-28(16-13-23)18-20-6-2-1-3-7-20/h1-9,22-23,27H,10-19H2. The van der Waals surface area contributed by atoms with E-state index in [-0.39, 0.29) is 5.91 Å². The van der Waals surface area contributed by atoms with Crippen LogP contribution in [0.2, 0.25) is 5.02 Å². The van der Waals surface area contributed by atoms with Crippen molar-refractivity contribution >= 4 is 17.5 Å². The second kappa shape index (κ2) is 10.4. The number of likely N-dealkylation sites (tertiary alicyclic amines) is 2. The number of rotatable bonds is 6. The van der Waals surface area contributed by atoms with Crippen LogP contribution in [0, 0.1) is 0 Å². The minimum Gasteiger partial charge on any atom is -0.338 e.